The molecule has 0 aromatic heterocycles. The molecule has 0 spiro atoms. The normalized spacial score (nSPS) is 15.5. The highest BCUT2D eigenvalue weighted by Crippen LogP contribution is 2.27. The van der Waals surface area contributed by atoms with Crippen molar-refractivity contribution in [2.24, 2.45) is 0 Å². The average molecular weight is 369 g/mol. The van der Waals surface area contributed by atoms with Gasteiger partial charge in [-0.15, -0.1) is 0 Å². The Hall–Kier alpha value is -2.46. The van der Waals surface area contributed by atoms with E-state index in [1.165, 1.54) is 12.2 Å². The predicted molar refractivity (Wildman–Crippen MR) is 91.8 cm³/mol. The third-order valence-electron chi connectivity index (χ3n) is 3.45. The molecular weight excluding hydrogens is 356 g/mol. The molecule has 3 nitrogen and oxygen atoms in total. The van der Waals surface area contributed by atoms with Crippen LogP contribution in [0.3, 0.4) is 0 Å². The van der Waals surface area contributed by atoms with E-state index in [1.54, 1.807) is 24.3 Å². The van der Waals surface area contributed by atoms with Crippen LogP contribution in [-0.2, 0) is 9.53 Å². The summed E-state index contributed by atoms with van der Waals surface area (Å²) in [5.74, 6) is -0.0520. The smallest absolute Gasteiger partial charge is 0.224 e. The summed E-state index contributed by atoms with van der Waals surface area (Å²) in [6.45, 7) is 1.99. The van der Waals surface area contributed by atoms with Crippen molar-refractivity contribution < 1.29 is 14.3 Å². The van der Waals surface area contributed by atoms with Gasteiger partial charge in [-0.3, -0.25) is 9.59 Å². The fourth-order valence-electron chi connectivity index (χ4n) is 2.17. The van der Waals surface area contributed by atoms with Gasteiger partial charge in [0.05, 0.1) is 0 Å². The van der Waals surface area contributed by atoms with E-state index >= 15 is 0 Å². The van der Waals surface area contributed by atoms with Gasteiger partial charge in [-0.1, -0.05) is 45.8 Å². The van der Waals surface area contributed by atoms with Crippen molar-refractivity contribution in [3.63, 3.8) is 0 Å². The van der Waals surface area contributed by atoms with E-state index in [0.717, 1.165) is 15.6 Å². The molecule has 114 valence electrons. The number of rotatable bonds is 3. The summed E-state index contributed by atoms with van der Waals surface area (Å²) in [6, 6.07) is 14.6. The topological polar surface area (TPSA) is 43.4 Å². The zero-order valence-electron chi connectivity index (χ0n) is 12.4. The lowest BCUT2D eigenvalue weighted by Gasteiger charge is -2.04. The molecule has 0 bridgehead atoms. The van der Waals surface area contributed by atoms with Crippen LogP contribution in [0.2, 0.25) is 0 Å². The van der Waals surface area contributed by atoms with Gasteiger partial charge in [-0.2, -0.15) is 0 Å². The van der Waals surface area contributed by atoms with Crippen molar-refractivity contribution in [1.82, 2.24) is 0 Å². The Morgan fingerprint density at radius 3 is 2.35 bits per heavy atom. The van der Waals surface area contributed by atoms with Crippen LogP contribution < -0.4 is 0 Å². The maximum Gasteiger partial charge on any atom is 0.224 e. The van der Waals surface area contributed by atoms with Crippen molar-refractivity contribution >= 4 is 33.3 Å². The number of hydrogen-bond acceptors (Lipinski definition) is 3. The van der Waals surface area contributed by atoms with Gasteiger partial charge < -0.3 is 4.74 Å². The number of carbonyl (C=O) groups excluding carboxylic acids is 2. The van der Waals surface area contributed by atoms with E-state index in [0.29, 0.717) is 11.3 Å². The second-order valence-electron chi connectivity index (χ2n) is 5.22. The molecule has 3 rings (SSSR count). The summed E-state index contributed by atoms with van der Waals surface area (Å²) in [7, 11) is 0. The van der Waals surface area contributed by atoms with E-state index in [2.05, 4.69) is 15.9 Å². The molecule has 4 heteroatoms. The van der Waals surface area contributed by atoms with Crippen LogP contribution in [0.25, 0.3) is 5.76 Å². The Kier molecular flexibility index (Phi) is 4.26. The van der Waals surface area contributed by atoms with Gasteiger partial charge in [0.25, 0.3) is 0 Å². The minimum Gasteiger partial charge on any atom is -0.452 e. The lowest BCUT2D eigenvalue weighted by atomic mass is 10.1. The number of ketones is 2. The molecule has 0 saturated carbocycles. The Morgan fingerprint density at radius 2 is 1.70 bits per heavy atom. The maximum absolute atomic E-state index is 12.2. The molecule has 1 aliphatic heterocycles. The Bertz CT molecular complexity index is 828. The van der Waals surface area contributed by atoms with Crippen LogP contribution >= 0.6 is 15.9 Å². The fourth-order valence-corrected chi connectivity index (χ4v) is 2.43. The predicted octanol–water partition coefficient (Wildman–Crippen LogP) is 4.46. The van der Waals surface area contributed by atoms with Crippen molar-refractivity contribution in [2.75, 3.05) is 0 Å². The van der Waals surface area contributed by atoms with Crippen molar-refractivity contribution in [2.45, 2.75) is 6.92 Å². The van der Waals surface area contributed by atoms with Gasteiger partial charge in [0.1, 0.15) is 5.76 Å². The molecule has 0 amide bonds. The van der Waals surface area contributed by atoms with E-state index in [9.17, 15) is 9.59 Å². The number of hydrogen-bond donors (Lipinski definition) is 0. The van der Waals surface area contributed by atoms with Crippen LogP contribution in [0.1, 0.15) is 21.5 Å². The SMILES string of the molecule is Cc1ccc(C2=CC(=O)/C(=C/C(=O)c3ccc(Br)cc3)O2)cc1. The van der Waals surface area contributed by atoms with E-state index in [-0.39, 0.29) is 17.3 Å². The number of carbonyl (C=O) groups is 2. The number of allylic oxidation sites excluding steroid dienone is 2. The number of halogens is 1. The molecule has 0 unspecified atom stereocenters. The van der Waals surface area contributed by atoms with Gasteiger partial charge in [-0.25, -0.2) is 0 Å². The van der Waals surface area contributed by atoms with Crippen LogP contribution in [0.4, 0.5) is 0 Å². The lowest BCUT2D eigenvalue weighted by Crippen LogP contribution is -2.01. The Labute approximate surface area is 142 Å². The number of benzene rings is 2. The Morgan fingerprint density at radius 1 is 1.04 bits per heavy atom. The minimum atomic E-state index is -0.300. The second kappa shape index (κ2) is 6.34. The molecule has 2 aromatic rings. The molecule has 2 aromatic carbocycles. The summed E-state index contributed by atoms with van der Waals surface area (Å²) in [4.78, 5) is 24.2. The van der Waals surface area contributed by atoms with Crippen LogP contribution in [-0.4, -0.2) is 11.6 Å². The highest BCUT2D eigenvalue weighted by molar-refractivity contribution is 9.10. The zero-order chi connectivity index (χ0) is 16.4. The van der Waals surface area contributed by atoms with E-state index < -0.39 is 0 Å². The molecule has 0 saturated heterocycles. The highest BCUT2D eigenvalue weighted by atomic mass is 79.9. The second-order valence-corrected chi connectivity index (χ2v) is 6.14. The third-order valence-corrected chi connectivity index (χ3v) is 3.98. The average Bonchev–Trinajstić information content (AvgIpc) is 2.89. The number of aryl methyl sites for hydroxylation is 1. The minimum absolute atomic E-state index is 0.0495. The van der Waals surface area contributed by atoms with Crippen LogP contribution in [0.5, 0.6) is 0 Å². The van der Waals surface area contributed by atoms with E-state index in [4.69, 9.17) is 4.74 Å². The maximum atomic E-state index is 12.2. The number of ether oxygens (including phenoxy) is 1. The van der Waals surface area contributed by atoms with Gasteiger partial charge in [-0.05, 0) is 31.2 Å². The largest absolute Gasteiger partial charge is 0.452 e. The molecule has 0 radical (unpaired) electrons. The molecule has 23 heavy (non-hydrogen) atoms. The van der Waals surface area contributed by atoms with Crippen molar-refractivity contribution in [3.8, 4) is 0 Å². The zero-order valence-corrected chi connectivity index (χ0v) is 14.0. The summed E-state index contributed by atoms with van der Waals surface area (Å²) < 4.78 is 6.45. The van der Waals surface area contributed by atoms with Crippen LogP contribution in [0.15, 0.2) is 70.9 Å². The van der Waals surface area contributed by atoms with Crippen LogP contribution in [0, 0.1) is 6.92 Å². The monoisotopic (exact) mass is 368 g/mol. The first-order valence-electron chi connectivity index (χ1n) is 7.05. The molecule has 1 aliphatic rings. The molecular formula is C19H13BrO3. The van der Waals surface area contributed by atoms with Gasteiger partial charge in [0.15, 0.2) is 11.5 Å². The third kappa shape index (κ3) is 3.48. The summed E-state index contributed by atoms with van der Waals surface area (Å²) in [5, 5.41) is 0. The quantitative estimate of drug-likeness (QED) is 0.593. The van der Waals surface area contributed by atoms with Gasteiger partial charge in [0, 0.05) is 27.8 Å². The van der Waals surface area contributed by atoms with Crippen molar-refractivity contribution in [3.05, 3.63) is 87.6 Å². The van der Waals surface area contributed by atoms with Gasteiger partial charge >= 0.3 is 0 Å². The highest BCUT2D eigenvalue weighted by Gasteiger charge is 2.23. The molecule has 0 atom stereocenters. The summed E-state index contributed by atoms with van der Waals surface area (Å²) in [5.41, 5.74) is 2.43. The first kappa shape index (κ1) is 15.4. The molecule has 0 aliphatic carbocycles. The standard InChI is InChI=1S/C19H13BrO3/c1-12-2-4-14(5-3-12)18-11-17(22)19(23-18)10-16(21)13-6-8-15(20)9-7-13/h2-11H,1H3/b19-10-. The molecule has 0 N–H and O–H groups in total. The lowest BCUT2D eigenvalue weighted by molar-refractivity contribution is -0.112. The molecule has 1 heterocycles. The van der Waals surface area contributed by atoms with Crippen molar-refractivity contribution in [1.29, 1.82) is 0 Å². The first-order valence-corrected chi connectivity index (χ1v) is 7.85. The van der Waals surface area contributed by atoms with E-state index in [1.807, 2.05) is 31.2 Å². The fraction of sp³-hybridized carbons (Fsp3) is 0.0526. The molecule has 0 fully saturated rings. The summed E-state index contributed by atoms with van der Waals surface area (Å²) in [6.07, 6.45) is 2.65. The first-order chi connectivity index (χ1) is 11.0. The summed E-state index contributed by atoms with van der Waals surface area (Å²) >= 11 is 3.32. The van der Waals surface area contributed by atoms with Gasteiger partial charge in [0.2, 0.25) is 5.78 Å². The Balaban J connectivity index is 1.80.